The molecule has 84 valence electrons. The highest BCUT2D eigenvalue weighted by molar-refractivity contribution is 6.35. The van der Waals surface area contributed by atoms with Crippen LogP contribution in [0.4, 0.5) is 0 Å². The van der Waals surface area contributed by atoms with Crippen molar-refractivity contribution in [2.24, 2.45) is 5.73 Å². The summed E-state index contributed by atoms with van der Waals surface area (Å²) in [5.74, 6) is 0. The first-order valence-electron chi connectivity index (χ1n) is 5.08. The van der Waals surface area contributed by atoms with E-state index in [-0.39, 0.29) is 5.56 Å². The van der Waals surface area contributed by atoms with Gasteiger partial charge in [0.15, 0.2) is 0 Å². The van der Waals surface area contributed by atoms with E-state index in [0.29, 0.717) is 29.0 Å². The van der Waals surface area contributed by atoms with Crippen molar-refractivity contribution in [2.75, 3.05) is 6.54 Å². The molecular formula is C11H12ClN3O. The van der Waals surface area contributed by atoms with Gasteiger partial charge in [-0.05, 0) is 25.1 Å². The van der Waals surface area contributed by atoms with Crippen molar-refractivity contribution in [1.82, 2.24) is 9.55 Å². The van der Waals surface area contributed by atoms with Gasteiger partial charge in [-0.25, -0.2) is 4.98 Å². The van der Waals surface area contributed by atoms with Gasteiger partial charge in [0.2, 0.25) is 0 Å². The fourth-order valence-electron chi connectivity index (χ4n) is 1.58. The molecular weight excluding hydrogens is 226 g/mol. The second-order valence-electron chi connectivity index (χ2n) is 3.52. The maximum Gasteiger partial charge on any atom is 0.262 e. The highest BCUT2D eigenvalue weighted by Crippen LogP contribution is 2.17. The van der Waals surface area contributed by atoms with Gasteiger partial charge in [-0.2, -0.15) is 0 Å². The van der Waals surface area contributed by atoms with Crippen molar-refractivity contribution in [3.63, 3.8) is 0 Å². The molecule has 0 spiro atoms. The first kappa shape index (κ1) is 11.1. The molecule has 0 bridgehead atoms. The van der Waals surface area contributed by atoms with E-state index in [4.69, 9.17) is 17.3 Å². The zero-order valence-electron chi connectivity index (χ0n) is 8.69. The SMILES string of the molecule is NCCCn1cnc2cccc(Cl)c2c1=O. The fraction of sp³-hybridized carbons (Fsp3) is 0.273. The Morgan fingerprint density at radius 2 is 2.25 bits per heavy atom. The molecule has 2 N–H and O–H groups in total. The fourth-order valence-corrected chi connectivity index (χ4v) is 1.83. The van der Waals surface area contributed by atoms with Crippen LogP contribution < -0.4 is 11.3 Å². The van der Waals surface area contributed by atoms with Crippen LogP contribution in [0.1, 0.15) is 6.42 Å². The lowest BCUT2D eigenvalue weighted by Gasteiger charge is -2.06. The standard InChI is InChI=1S/C11H12ClN3O/c12-8-3-1-4-9-10(8)11(16)15(7-14-9)6-2-5-13/h1,3-4,7H,2,5-6,13H2. The Balaban J connectivity index is 2.60. The highest BCUT2D eigenvalue weighted by atomic mass is 35.5. The van der Waals surface area contributed by atoms with Gasteiger partial charge >= 0.3 is 0 Å². The summed E-state index contributed by atoms with van der Waals surface area (Å²) >= 11 is 5.99. The molecule has 0 saturated heterocycles. The van der Waals surface area contributed by atoms with Crippen molar-refractivity contribution in [3.8, 4) is 0 Å². The maximum atomic E-state index is 12.1. The van der Waals surface area contributed by atoms with E-state index in [2.05, 4.69) is 4.98 Å². The lowest BCUT2D eigenvalue weighted by atomic mass is 10.2. The number of aryl methyl sites for hydroxylation is 1. The van der Waals surface area contributed by atoms with Gasteiger partial charge < -0.3 is 5.73 Å². The van der Waals surface area contributed by atoms with Crippen LogP contribution in [0.25, 0.3) is 10.9 Å². The van der Waals surface area contributed by atoms with E-state index in [1.54, 1.807) is 22.8 Å². The summed E-state index contributed by atoms with van der Waals surface area (Å²) in [7, 11) is 0. The number of nitrogens with zero attached hydrogens (tertiary/aromatic N) is 2. The van der Waals surface area contributed by atoms with Crippen molar-refractivity contribution in [1.29, 1.82) is 0 Å². The number of benzene rings is 1. The van der Waals surface area contributed by atoms with Gasteiger partial charge in [0, 0.05) is 6.54 Å². The minimum Gasteiger partial charge on any atom is -0.330 e. The van der Waals surface area contributed by atoms with Crippen LogP contribution in [-0.2, 0) is 6.54 Å². The second-order valence-corrected chi connectivity index (χ2v) is 3.93. The molecule has 0 aliphatic carbocycles. The summed E-state index contributed by atoms with van der Waals surface area (Å²) in [5.41, 5.74) is 5.93. The van der Waals surface area contributed by atoms with Crippen LogP contribution >= 0.6 is 11.6 Å². The minimum atomic E-state index is -0.107. The topological polar surface area (TPSA) is 60.9 Å². The largest absolute Gasteiger partial charge is 0.330 e. The van der Waals surface area contributed by atoms with Crippen LogP contribution in [0.2, 0.25) is 5.02 Å². The molecule has 16 heavy (non-hydrogen) atoms. The summed E-state index contributed by atoms with van der Waals surface area (Å²) in [4.78, 5) is 16.2. The van der Waals surface area contributed by atoms with Crippen molar-refractivity contribution >= 4 is 22.5 Å². The Hall–Kier alpha value is -1.39. The summed E-state index contributed by atoms with van der Waals surface area (Å²) in [6, 6.07) is 5.25. The molecule has 0 saturated carbocycles. The zero-order valence-corrected chi connectivity index (χ0v) is 9.44. The van der Waals surface area contributed by atoms with E-state index in [0.717, 1.165) is 6.42 Å². The smallest absolute Gasteiger partial charge is 0.262 e. The molecule has 1 aromatic heterocycles. The number of fused-ring (bicyclic) bond motifs is 1. The van der Waals surface area contributed by atoms with Gasteiger partial charge in [-0.1, -0.05) is 17.7 Å². The quantitative estimate of drug-likeness (QED) is 0.878. The first-order valence-corrected chi connectivity index (χ1v) is 5.45. The molecule has 0 amide bonds. The molecule has 0 fully saturated rings. The zero-order chi connectivity index (χ0) is 11.5. The third kappa shape index (κ3) is 1.94. The number of hydrogen-bond donors (Lipinski definition) is 1. The molecule has 0 aliphatic rings. The molecule has 0 atom stereocenters. The Kier molecular flexibility index (Phi) is 3.22. The van der Waals surface area contributed by atoms with Crippen LogP contribution in [0, 0.1) is 0 Å². The first-order chi connectivity index (χ1) is 7.74. The average Bonchev–Trinajstić information content (AvgIpc) is 2.28. The normalized spacial score (nSPS) is 10.9. The van der Waals surface area contributed by atoms with Gasteiger partial charge in [-0.15, -0.1) is 0 Å². The average molecular weight is 238 g/mol. The summed E-state index contributed by atoms with van der Waals surface area (Å²) < 4.78 is 1.54. The highest BCUT2D eigenvalue weighted by Gasteiger charge is 2.06. The van der Waals surface area contributed by atoms with Gasteiger partial charge in [0.1, 0.15) is 0 Å². The van der Waals surface area contributed by atoms with Crippen LogP contribution in [0.3, 0.4) is 0 Å². The van der Waals surface area contributed by atoms with E-state index in [9.17, 15) is 4.79 Å². The Labute approximate surface area is 97.7 Å². The van der Waals surface area contributed by atoms with Gasteiger partial charge in [0.25, 0.3) is 5.56 Å². The lowest BCUT2D eigenvalue weighted by molar-refractivity contribution is 0.624. The van der Waals surface area contributed by atoms with Crippen LogP contribution in [0.15, 0.2) is 29.3 Å². The molecule has 2 rings (SSSR count). The number of aromatic nitrogens is 2. The second kappa shape index (κ2) is 4.63. The van der Waals surface area contributed by atoms with Crippen molar-refractivity contribution < 1.29 is 0 Å². The summed E-state index contributed by atoms with van der Waals surface area (Å²) in [6.45, 7) is 1.12. The molecule has 1 heterocycles. The van der Waals surface area contributed by atoms with Crippen LogP contribution in [0.5, 0.6) is 0 Å². The number of halogens is 1. The number of rotatable bonds is 3. The predicted molar refractivity (Wildman–Crippen MR) is 64.7 cm³/mol. The maximum absolute atomic E-state index is 12.1. The van der Waals surface area contributed by atoms with E-state index < -0.39 is 0 Å². The Morgan fingerprint density at radius 3 is 3.00 bits per heavy atom. The summed E-state index contributed by atoms with van der Waals surface area (Å²) in [5, 5.41) is 0.917. The van der Waals surface area contributed by atoms with Gasteiger partial charge in [0.05, 0.1) is 22.3 Å². The molecule has 0 unspecified atom stereocenters. The van der Waals surface area contributed by atoms with Crippen LogP contribution in [-0.4, -0.2) is 16.1 Å². The minimum absolute atomic E-state index is 0.107. The van der Waals surface area contributed by atoms with Gasteiger partial charge in [-0.3, -0.25) is 9.36 Å². The van der Waals surface area contributed by atoms with E-state index in [1.165, 1.54) is 6.33 Å². The van der Waals surface area contributed by atoms with E-state index >= 15 is 0 Å². The van der Waals surface area contributed by atoms with Crippen molar-refractivity contribution in [3.05, 3.63) is 39.9 Å². The van der Waals surface area contributed by atoms with E-state index in [1.807, 2.05) is 0 Å². The summed E-state index contributed by atoms with van der Waals surface area (Å²) in [6.07, 6.45) is 2.29. The molecule has 1 aromatic carbocycles. The molecule has 0 radical (unpaired) electrons. The third-order valence-electron chi connectivity index (χ3n) is 2.41. The lowest BCUT2D eigenvalue weighted by Crippen LogP contribution is -2.22. The predicted octanol–water partition coefficient (Wildman–Crippen LogP) is 1.40. The van der Waals surface area contributed by atoms with Crippen molar-refractivity contribution in [2.45, 2.75) is 13.0 Å². The molecule has 5 heteroatoms. The number of nitrogens with two attached hydrogens (primary N) is 1. The monoisotopic (exact) mass is 237 g/mol. The third-order valence-corrected chi connectivity index (χ3v) is 2.72. The molecule has 4 nitrogen and oxygen atoms in total. The number of hydrogen-bond acceptors (Lipinski definition) is 3. The Morgan fingerprint density at radius 1 is 1.44 bits per heavy atom. The molecule has 0 aliphatic heterocycles. The Bertz CT molecular complexity index is 565. The molecule has 2 aromatic rings.